The summed E-state index contributed by atoms with van der Waals surface area (Å²) in [5, 5.41) is 0. The van der Waals surface area contributed by atoms with E-state index >= 15 is 0 Å². The highest BCUT2D eigenvalue weighted by molar-refractivity contribution is 5.86. The van der Waals surface area contributed by atoms with E-state index in [2.05, 4.69) is 80.6 Å². The van der Waals surface area contributed by atoms with E-state index in [1.807, 2.05) is 6.07 Å². The van der Waals surface area contributed by atoms with Gasteiger partial charge in [-0.15, -0.1) is 0 Å². The Hall–Kier alpha value is -2.34. The third-order valence-corrected chi connectivity index (χ3v) is 3.72. The Balaban J connectivity index is 2.29. The first-order valence-corrected chi connectivity index (χ1v) is 6.84. The minimum absolute atomic E-state index is 1.09. The SMILES string of the molecule is [CH2]c1ccc(-c2ccccc2)c(-c2ccccc2)c1C. The molecule has 0 nitrogen and oxygen atoms in total. The maximum atomic E-state index is 4.14. The molecule has 0 amide bonds. The second-order valence-electron chi connectivity index (χ2n) is 5.00. The molecular formula is C20H17. The van der Waals surface area contributed by atoms with Crippen molar-refractivity contribution in [2.75, 3.05) is 0 Å². The van der Waals surface area contributed by atoms with E-state index in [9.17, 15) is 0 Å². The third kappa shape index (κ3) is 2.25. The van der Waals surface area contributed by atoms with Crippen LogP contribution in [0.4, 0.5) is 0 Å². The molecule has 97 valence electrons. The second kappa shape index (κ2) is 5.34. The quantitative estimate of drug-likeness (QED) is 0.567. The van der Waals surface area contributed by atoms with Gasteiger partial charge in [0.15, 0.2) is 0 Å². The van der Waals surface area contributed by atoms with Crippen LogP contribution in [0.15, 0.2) is 72.8 Å². The van der Waals surface area contributed by atoms with E-state index in [1.165, 1.54) is 27.8 Å². The predicted molar refractivity (Wildman–Crippen MR) is 86.5 cm³/mol. The van der Waals surface area contributed by atoms with Gasteiger partial charge in [-0.2, -0.15) is 0 Å². The fourth-order valence-electron chi connectivity index (χ4n) is 2.59. The van der Waals surface area contributed by atoms with Gasteiger partial charge in [-0.3, -0.25) is 0 Å². The van der Waals surface area contributed by atoms with Crippen LogP contribution in [0.25, 0.3) is 22.3 Å². The summed E-state index contributed by atoms with van der Waals surface area (Å²) in [5.41, 5.74) is 7.37. The highest BCUT2D eigenvalue weighted by atomic mass is 14.1. The summed E-state index contributed by atoms with van der Waals surface area (Å²) in [6.07, 6.45) is 0. The van der Waals surface area contributed by atoms with E-state index < -0.39 is 0 Å². The molecule has 0 fully saturated rings. The van der Waals surface area contributed by atoms with E-state index in [-0.39, 0.29) is 0 Å². The zero-order valence-corrected chi connectivity index (χ0v) is 11.6. The maximum Gasteiger partial charge on any atom is -0.00734 e. The van der Waals surface area contributed by atoms with Gasteiger partial charge >= 0.3 is 0 Å². The number of rotatable bonds is 2. The molecule has 3 aromatic rings. The first-order chi connectivity index (χ1) is 9.77. The smallest absolute Gasteiger partial charge is 0.00734 e. The summed E-state index contributed by atoms with van der Waals surface area (Å²) >= 11 is 0. The number of hydrogen-bond acceptors (Lipinski definition) is 0. The van der Waals surface area contributed by atoms with E-state index in [0.29, 0.717) is 0 Å². The predicted octanol–water partition coefficient (Wildman–Crippen LogP) is 5.51. The molecule has 0 unspecified atom stereocenters. The monoisotopic (exact) mass is 257 g/mol. The summed E-state index contributed by atoms with van der Waals surface area (Å²) in [6, 6.07) is 25.3. The summed E-state index contributed by atoms with van der Waals surface area (Å²) in [4.78, 5) is 0. The molecule has 0 saturated heterocycles. The second-order valence-corrected chi connectivity index (χ2v) is 5.00. The Morgan fingerprint density at radius 1 is 0.650 bits per heavy atom. The summed E-state index contributed by atoms with van der Waals surface area (Å²) < 4.78 is 0. The van der Waals surface area contributed by atoms with Gasteiger partial charge in [0.1, 0.15) is 0 Å². The van der Waals surface area contributed by atoms with Gasteiger partial charge in [-0.1, -0.05) is 72.8 Å². The van der Waals surface area contributed by atoms with Crippen molar-refractivity contribution in [1.29, 1.82) is 0 Å². The van der Waals surface area contributed by atoms with Crippen LogP contribution in [0.3, 0.4) is 0 Å². The molecule has 0 N–H and O–H groups in total. The maximum absolute atomic E-state index is 4.14. The summed E-state index contributed by atoms with van der Waals surface area (Å²) in [7, 11) is 0. The first kappa shape index (κ1) is 12.7. The minimum atomic E-state index is 1.09. The molecule has 1 radical (unpaired) electrons. The Bertz CT molecular complexity index is 710. The van der Waals surface area contributed by atoms with Crippen LogP contribution in [0.5, 0.6) is 0 Å². The Morgan fingerprint density at radius 2 is 1.20 bits per heavy atom. The van der Waals surface area contributed by atoms with Crippen LogP contribution in [0.1, 0.15) is 11.1 Å². The molecule has 0 atom stereocenters. The normalized spacial score (nSPS) is 10.5. The average molecular weight is 257 g/mol. The molecule has 0 heterocycles. The largest absolute Gasteiger partial charge is 0.0622 e. The molecule has 3 rings (SSSR count). The van der Waals surface area contributed by atoms with Crippen molar-refractivity contribution in [1.82, 2.24) is 0 Å². The van der Waals surface area contributed by atoms with Crippen molar-refractivity contribution in [3.05, 3.63) is 90.8 Å². The fraction of sp³-hybridized carbons (Fsp3) is 0.0500. The lowest BCUT2D eigenvalue weighted by molar-refractivity contribution is 1.41. The first-order valence-electron chi connectivity index (χ1n) is 6.84. The van der Waals surface area contributed by atoms with Gasteiger partial charge in [0.2, 0.25) is 0 Å². The molecule has 3 aromatic carbocycles. The van der Waals surface area contributed by atoms with Gasteiger partial charge < -0.3 is 0 Å². The van der Waals surface area contributed by atoms with Crippen LogP contribution >= 0.6 is 0 Å². The van der Waals surface area contributed by atoms with E-state index in [1.54, 1.807) is 0 Å². The van der Waals surface area contributed by atoms with Crippen molar-refractivity contribution < 1.29 is 0 Å². The molecule has 0 heteroatoms. The minimum Gasteiger partial charge on any atom is -0.0622 e. The lowest BCUT2D eigenvalue weighted by Gasteiger charge is -2.15. The number of benzene rings is 3. The lowest BCUT2D eigenvalue weighted by atomic mass is 9.89. The van der Waals surface area contributed by atoms with Crippen molar-refractivity contribution in [2.24, 2.45) is 0 Å². The van der Waals surface area contributed by atoms with E-state index in [0.717, 1.165) is 5.56 Å². The zero-order chi connectivity index (χ0) is 13.9. The Kier molecular flexibility index (Phi) is 3.39. The van der Waals surface area contributed by atoms with Crippen LogP contribution in [-0.2, 0) is 0 Å². The van der Waals surface area contributed by atoms with Crippen molar-refractivity contribution in [2.45, 2.75) is 6.92 Å². The van der Waals surface area contributed by atoms with Crippen LogP contribution in [-0.4, -0.2) is 0 Å². The van der Waals surface area contributed by atoms with Crippen LogP contribution in [0, 0.1) is 13.8 Å². The zero-order valence-electron chi connectivity index (χ0n) is 11.6. The fourth-order valence-corrected chi connectivity index (χ4v) is 2.59. The van der Waals surface area contributed by atoms with Crippen LogP contribution < -0.4 is 0 Å². The standard InChI is InChI=1S/C20H17/c1-15-13-14-19(17-9-5-3-6-10-17)20(16(15)2)18-11-7-4-8-12-18/h3-14H,1H2,2H3. The van der Waals surface area contributed by atoms with Gasteiger partial charge in [0, 0.05) is 0 Å². The van der Waals surface area contributed by atoms with Gasteiger partial charge in [0.05, 0.1) is 0 Å². The molecule has 0 aliphatic rings. The lowest BCUT2D eigenvalue weighted by Crippen LogP contribution is -1.92. The van der Waals surface area contributed by atoms with Gasteiger partial charge in [-0.25, -0.2) is 0 Å². The summed E-state index contributed by atoms with van der Waals surface area (Å²) in [5.74, 6) is 0. The topological polar surface area (TPSA) is 0 Å². The van der Waals surface area contributed by atoms with Gasteiger partial charge in [-0.05, 0) is 47.2 Å². The summed E-state index contributed by atoms with van der Waals surface area (Å²) in [6.45, 7) is 6.29. The molecule has 0 bridgehead atoms. The highest BCUT2D eigenvalue weighted by Gasteiger charge is 2.11. The third-order valence-electron chi connectivity index (χ3n) is 3.72. The average Bonchev–Trinajstić information content (AvgIpc) is 2.51. The van der Waals surface area contributed by atoms with Crippen LogP contribution in [0.2, 0.25) is 0 Å². The molecule has 0 aliphatic carbocycles. The molecule has 0 spiro atoms. The molecule has 0 aliphatic heterocycles. The number of hydrogen-bond donors (Lipinski definition) is 0. The van der Waals surface area contributed by atoms with Crippen molar-refractivity contribution in [3.8, 4) is 22.3 Å². The van der Waals surface area contributed by atoms with E-state index in [4.69, 9.17) is 0 Å². The molecular weight excluding hydrogens is 240 g/mol. The molecule has 20 heavy (non-hydrogen) atoms. The van der Waals surface area contributed by atoms with Crippen molar-refractivity contribution in [3.63, 3.8) is 0 Å². The Labute approximate surface area is 120 Å². The van der Waals surface area contributed by atoms with Gasteiger partial charge in [0.25, 0.3) is 0 Å². The molecule has 0 saturated carbocycles. The molecule has 0 aromatic heterocycles. The van der Waals surface area contributed by atoms with Crippen molar-refractivity contribution >= 4 is 0 Å². The highest BCUT2D eigenvalue weighted by Crippen LogP contribution is 2.35. The Morgan fingerprint density at radius 3 is 1.80 bits per heavy atom.